The average Bonchev–Trinajstić information content (AvgIpc) is 2.63. The molecule has 0 saturated heterocycles. The molecule has 0 fully saturated rings. The Morgan fingerprint density at radius 1 is 0.643 bits per heavy atom. The highest BCUT2D eigenvalue weighted by atomic mass is 35.8. The summed E-state index contributed by atoms with van der Waals surface area (Å²) in [6.45, 7) is 5.70. The van der Waals surface area contributed by atoms with Crippen LogP contribution in [0, 0.1) is 0 Å². The van der Waals surface area contributed by atoms with E-state index >= 15 is 0 Å². The Labute approximate surface area is 189 Å². The predicted octanol–water partition coefficient (Wildman–Crippen LogP) is 8.01. The number of halogens is 4. The van der Waals surface area contributed by atoms with Gasteiger partial charge in [0, 0.05) is 0 Å². The van der Waals surface area contributed by atoms with Crippen molar-refractivity contribution in [2.45, 2.75) is 38.0 Å². The van der Waals surface area contributed by atoms with Crippen LogP contribution in [0.1, 0.15) is 12.8 Å². The van der Waals surface area contributed by atoms with E-state index < -0.39 is 13.4 Å². The minimum atomic E-state index is -2.46. The highest BCUT2D eigenvalue weighted by Gasteiger charge is 2.23. The lowest BCUT2D eigenvalue weighted by atomic mass is 10.3. The fourth-order valence-electron chi connectivity index (χ4n) is 2.18. The van der Waals surface area contributed by atoms with Crippen molar-refractivity contribution in [1.29, 1.82) is 0 Å². The second kappa shape index (κ2) is 13.8. The van der Waals surface area contributed by atoms with Gasteiger partial charge in [0.2, 0.25) is 0 Å². The van der Waals surface area contributed by atoms with Gasteiger partial charge in [-0.15, -0.1) is 33.2 Å². The number of rotatable bonds is 10. The molecule has 0 N–H and O–H groups in total. The van der Waals surface area contributed by atoms with Gasteiger partial charge >= 0.3 is 6.00 Å². The van der Waals surface area contributed by atoms with Gasteiger partial charge in [0.1, 0.15) is 11.5 Å². The van der Waals surface area contributed by atoms with E-state index in [4.69, 9.17) is 53.8 Å². The van der Waals surface area contributed by atoms with Crippen LogP contribution >= 0.6 is 44.3 Å². The molecule has 0 atom stereocenters. The maximum atomic E-state index is 6.20. The summed E-state index contributed by atoms with van der Waals surface area (Å²) in [5, 5.41) is 0. The number of para-hydroxylation sites is 2. The summed E-state index contributed by atoms with van der Waals surface area (Å²) in [7, 11) is -1.40. The summed E-state index contributed by atoms with van der Waals surface area (Å²) < 4.78 is 11.0. The minimum Gasteiger partial charge on any atom is -0.494 e. The van der Waals surface area contributed by atoms with Crippen LogP contribution < -0.4 is 9.47 Å². The third-order valence-electron chi connectivity index (χ3n) is 3.54. The molecular weight excluding hydrogens is 470 g/mol. The van der Waals surface area contributed by atoms with E-state index in [1.54, 1.807) is 0 Å². The summed E-state index contributed by atoms with van der Waals surface area (Å²) in [6.07, 6.45) is 1.84. The molecular formula is C20H28Cl4O2Si2. The van der Waals surface area contributed by atoms with Crippen LogP contribution in [0.4, 0.5) is 0 Å². The summed E-state index contributed by atoms with van der Waals surface area (Å²) in [4.78, 5) is 0. The lowest BCUT2D eigenvalue weighted by Crippen LogP contribution is -2.16. The molecule has 0 amide bonds. The lowest BCUT2D eigenvalue weighted by molar-refractivity contribution is 0.317. The van der Waals surface area contributed by atoms with E-state index in [1.165, 1.54) is 0 Å². The van der Waals surface area contributed by atoms with Gasteiger partial charge in [-0.25, -0.2) is 0 Å². The minimum absolute atomic E-state index is 0.602. The van der Waals surface area contributed by atoms with Gasteiger partial charge < -0.3 is 9.47 Å². The molecule has 0 heterocycles. The van der Waals surface area contributed by atoms with Crippen LogP contribution in [0.2, 0.25) is 25.2 Å². The molecule has 2 nitrogen and oxygen atoms in total. The molecule has 2 aromatic rings. The van der Waals surface area contributed by atoms with Crippen LogP contribution in [0.25, 0.3) is 0 Å². The Bertz CT molecular complexity index is 575. The Balaban J connectivity index is 0.000000280. The highest BCUT2D eigenvalue weighted by Crippen LogP contribution is 2.26. The smallest absolute Gasteiger partial charge is 0.341 e. The molecule has 0 bridgehead atoms. The van der Waals surface area contributed by atoms with Gasteiger partial charge in [-0.1, -0.05) is 49.5 Å². The maximum Gasteiger partial charge on any atom is 0.341 e. The van der Waals surface area contributed by atoms with Crippen molar-refractivity contribution in [2.75, 3.05) is 13.2 Å². The van der Waals surface area contributed by atoms with Crippen molar-refractivity contribution in [2.24, 2.45) is 0 Å². The molecule has 2 aromatic carbocycles. The Morgan fingerprint density at radius 3 is 1.39 bits per heavy atom. The number of benzene rings is 2. The van der Waals surface area contributed by atoms with Crippen LogP contribution in [0.15, 0.2) is 60.7 Å². The summed E-state index contributed by atoms with van der Waals surface area (Å²) in [5.41, 5.74) is 0. The Morgan fingerprint density at radius 2 is 1.04 bits per heavy atom. The van der Waals surface area contributed by atoms with Gasteiger partial charge in [-0.3, -0.25) is 0 Å². The van der Waals surface area contributed by atoms with Crippen LogP contribution in [0.5, 0.6) is 11.5 Å². The molecule has 8 heteroatoms. The fourth-order valence-corrected chi connectivity index (χ4v) is 5.31. The van der Waals surface area contributed by atoms with Gasteiger partial charge in [0.25, 0.3) is 0 Å². The van der Waals surface area contributed by atoms with E-state index in [-0.39, 0.29) is 0 Å². The van der Waals surface area contributed by atoms with Gasteiger partial charge in [0.05, 0.1) is 13.2 Å². The van der Waals surface area contributed by atoms with Gasteiger partial charge in [-0.05, 0) is 49.2 Å². The molecule has 0 unspecified atom stereocenters. The predicted molar refractivity (Wildman–Crippen MR) is 129 cm³/mol. The summed E-state index contributed by atoms with van der Waals surface area (Å²) in [5.74, 6) is 1.81. The maximum absolute atomic E-state index is 6.20. The van der Waals surface area contributed by atoms with Crippen molar-refractivity contribution >= 4 is 57.7 Å². The Hall–Kier alpha value is -0.366. The SMILES string of the molecule is C[Si](C)(Cl)CCCOc1ccccc1.Cl[Si](Cl)(Cl)CCCOc1ccccc1. The largest absolute Gasteiger partial charge is 0.494 e. The summed E-state index contributed by atoms with van der Waals surface area (Å²) in [6, 6.07) is 18.8. The zero-order chi connectivity index (χ0) is 20.9. The molecule has 156 valence electrons. The fraction of sp³-hybridized carbons (Fsp3) is 0.400. The van der Waals surface area contributed by atoms with Crippen LogP contribution in [0.3, 0.4) is 0 Å². The topological polar surface area (TPSA) is 18.5 Å². The third-order valence-corrected chi connectivity index (χ3v) is 8.27. The zero-order valence-corrected chi connectivity index (χ0v) is 21.4. The number of hydrogen-bond donors (Lipinski definition) is 0. The summed E-state index contributed by atoms with van der Waals surface area (Å²) >= 11 is 23.4. The van der Waals surface area contributed by atoms with Crippen molar-refractivity contribution in [3.63, 3.8) is 0 Å². The van der Waals surface area contributed by atoms with E-state index in [9.17, 15) is 0 Å². The first-order valence-electron chi connectivity index (χ1n) is 9.27. The van der Waals surface area contributed by atoms with Gasteiger partial charge in [0.15, 0.2) is 7.38 Å². The van der Waals surface area contributed by atoms with Crippen molar-refractivity contribution < 1.29 is 9.47 Å². The van der Waals surface area contributed by atoms with E-state index in [1.807, 2.05) is 60.7 Å². The van der Waals surface area contributed by atoms with Gasteiger partial charge in [-0.2, -0.15) is 11.1 Å². The lowest BCUT2D eigenvalue weighted by Gasteiger charge is -2.12. The molecule has 2 rings (SSSR count). The van der Waals surface area contributed by atoms with Crippen LogP contribution in [-0.4, -0.2) is 26.6 Å². The molecule has 0 saturated carbocycles. The third kappa shape index (κ3) is 15.5. The molecule has 0 spiro atoms. The first-order valence-corrected chi connectivity index (χ1v) is 18.7. The zero-order valence-electron chi connectivity index (χ0n) is 16.3. The molecule has 0 radical (unpaired) electrons. The molecule has 0 aromatic heterocycles. The van der Waals surface area contributed by atoms with E-state index in [2.05, 4.69) is 13.1 Å². The quantitative estimate of drug-likeness (QED) is 0.188. The second-order valence-electron chi connectivity index (χ2n) is 6.86. The molecule has 0 aliphatic heterocycles. The van der Waals surface area contributed by atoms with E-state index in [0.717, 1.165) is 37.0 Å². The average molecular weight is 498 g/mol. The van der Waals surface area contributed by atoms with Crippen molar-refractivity contribution in [3.8, 4) is 11.5 Å². The first kappa shape index (κ1) is 25.7. The molecule has 0 aliphatic rings. The van der Waals surface area contributed by atoms with Crippen molar-refractivity contribution in [1.82, 2.24) is 0 Å². The number of hydrogen-bond acceptors (Lipinski definition) is 2. The van der Waals surface area contributed by atoms with Crippen molar-refractivity contribution in [3.05, 3.63) is 60.7 Å². The Kier molecular flexibility index (Phi) is 12.6. The van der Waals surface area contributed by atoms with Crippen LogP contribution in [-0.2, 0) is 0 Å². The first-order chi connectivity index (χ1) is 13.2. The normalized spacial score (nSPS) is 11.4. The second-order valence-corrected chi connectivity index (χ2v) is 23.1. The number of ether oxygens (including phenoxy) is 2. The molecule has 0 aliphatic carbocycles. The molecule has 28 heavy (non-hydrogen) atoms. The monoisotopic (exact) mass is 496 g/mol. The highest BCUT2D eigenvalue weighted by molar-refractivity contribution is 7.64. The standard InChI is InChI=1S/C11H17ClOSi.C9H11Cl3OSi/c1-14(2,12)10-6-9-13-11-7-4-3-5-8-11;10-14(11,12)8-4-7-13-9-5-2-1-3-6-9/h3-5,7-8H,6,9-10H2,1-2H3;1-3,5-6H,4,7-8H2. The van der Waals surface area contributed by atoms with E-state index in [0.29, 0.717) is 12.7 Å².